The number of piperidine rings is 1. The fourth-order valence-electron chi connectivity index (χ4n) is 2.93. The van der Waals surface area contributed by atoms with E-state index in [0.29, 0.717) is 37.4 Å². The van der Waals surface area contributed by atoms with Crippen LogP contribution in [0.15, 0.2) is 29.2 Å². The average Bonchev–Trinajstić information content (AvgIpc) is 2.96. The van der Waals surface area contributed by atoms with Gasteiger partial charge in [0, 0.05) is 45.2 Å². The van der Waals surface area contributed by atoms with Gasteiger partial charge in [-0.1, -0.05) is 0 Å². The van der Waals surface area contributed by atoms with Crippen LogP contribution in [-0.2, 0) is 14.8 Å². The van der Waals surface area contributed by atoms with E-state index in [1.165, 1.54) is 0 Å². The third kappa shape index (κ3) is 2.78. The molecule has 1 aromatic carbocycles. The van der Waals surface area contributed by atoms with Gasteiger partial charge in [-0.2, -0.15) is 4.31 Å². The van der Waals surface area contributed by atoms with E-state index >= 15 is 0 Å². The molecule has 1 spiro atoms. The first-order chi connectivity index (χ1) is 10.1. The van der Waals surface area contributed by atoms with Crippen LogP contribution in [0.3, 0.4) is 0 Å². The Kier molecular flexibility index (Phi) is 3.92. The van der Waals surface area contributed by atoms with E-state index in [-0.39, 0.29) is 5.72 Å². The molecule has 0 bridgehead atoms. The van der Waals surface area contributed by atoms with Gasteiger partial charge in [0.25, 0.3) is 0 Å². The summed E-state index contributed by atoms with van der Waals surface area (Å²) in [5, 5.41) is 6.33. The molecule has 0 aliphatic carbocycles. The number of nitrogens with one attached hydrogen (secondary N) is 2. The van der Waals surface area contributed by atoms with Crippen LogP contribution in [0.1, 0.15) is 12.8 Å². The predicted octanol–water partition coefficient (Wildman–Crippen LogP) is 0.829. The summed E-state index contributed by atoms with van der Waals surface area (Å²) in [6, 6.07) is 6.85. The molecule has 2 aliphatic rings. The summed E-state index contributed by atoms with van der Waals surface area (Å²) in [5.74, 6) is 0. The van der Waals surface area contributed by atoms with E-state index in [9.17, 15) is 8.42 Å². The molecule has 3 rings (SSSR count). The maximum Gasteiger partial charge on any atom is 0.243 e. The molecule has 2 heterocycles. The Morgan fingerprint density at radius 1 is 1.24 bits per heavy atom. The normalized spacial score (nSPS) is 22.5. The zero-order valence-corrected chi connectivity index (χ0v) is 12.9. The summed E-state index contributed by atoms with van der Waals surface area (Å²) in [4.78, 5) is 0.345. The number of hydrogen-bond donors (Lipinski definition) is 2. The Labute approximate surface area is 125 Å². The van der Waals surface area contributed by atoms with Gasteiger partial charge in [-0.3, -0.25) is 5.32 Å². The van der Waals surface area contributed by atoms with Crippen molar-refractivity contribution >= 4 is 15.7 Å². The smallest absolute Gasteiger partial charge is 0.243 e. The zero-order chi connectivity index (χ0) is 14.9. The molecule has 6 nitrogen and oxygen atoms in total. The zero-order valence-electron chi connectivity index (χ0n) is 12.1. The van der Waals surface area contributed by atoms with Crippen LogP contribution in [-0.4, -0.2) is 51.7 Å². The van der Waals surface area contributed by atoms with Crippen LogP contribution in [0, 0.1) is 0 Å². The lowest BCUT2D eigenvalue weighted by molar-refractivity contribution is -0.0445. The van der Waals surface area contributed by atoms with Crippen LogP contribution in [0.4, 0.5) is 5.69 Å². The highest BCUT2D eigenvalue weighted by Crippen LogP contribution is 2.29. The van der Waals surface area contributed by atoms with E-state index < -0.39 is 10.0 Å². The molecule has 116 valence electrons. The van der Waals surface area contributed by atoms with Crippen molar-refractivity contribution in [2.24, 2.45) is 0 Å². The monoisotopic (exact) mass is 311 g/mol. The Balaban J connectivity index is 1.73. The van der Waals surface area contributed by atoms with Crippen LogP contribution >= 0.6 is 0 Å². The molecule has 0 saturated carbocycles. The summed E-state index contributed by atoms with van der Waals surface area (Å²) in [7, 11) is -1.60. The van der Waals surface area contributed by atoms with E-state index in [1.807, 2.05) is 7.05 Å². The van der Waals surface area contributed by atoms with Crippen LogP contribution < -0.4 is 10.6 Å². The van der Waals surface area contributed by atoms with Gasteiger partial charge in [-0.15, -0.1) is 0 Å². The molecule has 0 amide bonds. The average molecular weight is 311 g/mol. The summed E-state index contributed by atoms with van der Waals surface area (Å²) >= 11 is 0. The summed E-state index contributed by atoms with van der Waals surface area (Å²) < 4.78 is 32.6. The molecule has 0 aromatic heterocycles. The Morgan fingerprint density at radius 3 is 2.43 bits per heavy atom. The van der Waals surface area contributed by atoms with Crippen molar-refractivity contribution in [2.75, 3.05) is 38.6 Å². The molecule has 21 heavy (non-hydrogen) atoms. The third-order valence-corrected chi connectivity index (χ3v) is 6.15. The van der Waals surface area contributed by atoms with Crippen molar-refractivity contribution < 1.29 is 13.2 Å². The minimum atomic E-state index is -3.41. The molecule has 0 unspecified atom stereocenters. The van der Waals surface area contributed by atoms with E-state index in [1.54, 1.807) is 28.6 Å². The highest BCUT2D eigenvalue weighted by atomic mass is 32.2. The fraction of sp³-hybridized carbons (Fsp3) is 0.571. The lowest BCUT2D eigenvalue weighted by atomic mass is 10.0. The summed E-state index contributed by atoms with van der Waals surface area (Å²) in [5.41, 5.74) is 0.595. The first-order valence-corrected chi connectivity index (χ1v) is 8.67. The topological polar surface area (TPSA) is 70.7 Å². The molecular formula is C14H21N3O3S. The van der Waals surface area contributed by atoms with Gasteiger partial charge in [0.1, 0.15) is 5.72 Å². The molecule has 0 radical (unpaired) electrons. The van der Waals surface area contributed by atoms with Gasteiger partial charge in [0.05, 0.1) is 11.5 Å². The van der Waals surface area contributed by atoms with Gasteiger partial charge in [0.15, 0.2) is 0 Å². The second-order valence-electron chi connectivity index (χ2n) is 5.45. The number of ether oxygens (including phenoxy) is 1. The van der Waals surface area contributed by atoms with Crippen molar-refractivity contribution in [1.29, 1.82) is 0 Å². The minimum Gasteiger partial charge on any atom is -0.388 e. The van der Waals surface area contributed by atoms with Gasteiger partial charge >= 0.3 is 0 Å². The highest BCUT2D eigenvalue weighted by Gasteiger charge is 2.41. The van der Waals surface area contributed by atoms with Gasteiger partial charge in [0.2, 0.25) is 10.0 Å². The minimum absolute atomic E-state index is 0.304. The number of benzene rings is 1. The van der Waals surface area contributed by atoms with Crippen LogP contribution in [0.5, 0.6) is 0 Å². The molecular weight excluding hydrogens is 290 g/mol. The quantitative estimate of drug-likeness (QED) is 0.865. The Bertz CT molecular complexity index is 584. The van der Waals surface area contributed by atoms with Crippen molar-refractivity contribution in [2.45, 2.75) is 23.5 Å². The number of hydrogen-bond acceptors (Lipinski definition) is 5. The summed E-state index contributed by atoms with van der Waals surface area (Å²) in [6.07, 6.45) is 1.39. The second kappa shape index (κ2) is 5.57. The Morgan fingerprint density at radius 2 is 1.90 bits per heavy atom. The van der Waals surface area contributed by atoms with Crippen molar-refractivity contribution in [3.63, 3.8) is 0 Å². The third-order valence-electron chi connectivity index (χ3n) is 4.24. The number of anilines is 1. The largest absolute Gasteiger partial charge is 0.388 e. The van der Waals surface area contributed by atoms with Crippen molar-refractivity contribution in [1.82, 2.24) is 9.62 Å². The van der Waals surface area contributed by atoms with Crippen LogP contribution in [0.25, 0.3) is 0 Å². The molecule has 1 aromatic rings. The molecule has 2 N–H and O–H groups in total. The second-order valence-corrected chi connectivity index (χ2v) is 7.39. The van der Waals surface area contributed by atoms with Crippen molar-refractivity contribution in [3.8, 4) is 0 Å². The molecule has 2 aliphatic heterocycles. The lowest BCUT2D eigenvalue weighted by Gasteiger charge is -2.37. The standard InChI is InChI=1S/C14H21N3O3S/c1-15-12-2-4-13(5-3-12)21(18,19)17-9-6-14(7-10-17)16-8-11-20-14/h2-5,15-16H,6-11H2,1H3. The van der Waals surface area contributed by atoms with Gasteiger partial charge < -0.3 is 10.1 Å². The van der Waals surface area contributed by atoms with E-state index in [4.69, 9.17) is 4.74 Å². The first-order valence-electron chi connectivity index (χ1n) is 7.23. The molecule has 2 fully saturated rings. The Hall–Kier alpha value is -1.15. The maximum absolute atomic E-state index is 12.6. The number of sulfonamides is 1. The fourth-order valence-corrected chi connectivity index (χ4v) is 4.37. The SMILES string of the molecule is CNc1ccc(S(=O)(=O)N2CCC3(CC2)NCCO3)cc1. The van der Waals surface area contributed by atoms with Crippen LogP contribution in [0.2, 0.25) is 0 Å². The first kappa shape index (κ1) is 14.8. The van der Waals surface area contributed by atoms with Gasteiger partial charge in [-0.25, -0.2) is 8.42 Å². The van der Waals surface area contributed by atoms with E-state index in [2.05, 4.69) is 10.6 Å². The van der Waals surface area contributed by atoms with Crippen molar-refractivity contribution in [3.05, 3.63) is 24.3 Å². The number of rotatable bonds is 3. The van der Waals surface area contributed by atoms with E-state index in [0.717, 1.165) is 12.2 Å². The maximum atomic E-state index is 12.6. The highest BCUT2D eigenvalue weighted by molar-refractivity contribution is 7.89. The predicted molar refractivity (Wildman–Crippen MR) is 80.7 cm³/mol. The number of nitrogens with zero attached hydrogens (tertiary/aromatic N) is 1. The molecule has 0 atom stereocenters. The lowest BCUT2D eigenvalue weighted by Crippen LogP contribution is -2.52. The molecule has 2 saturated heterocycles. The van der Waals surface area contributed by atoms with Gasteiger partial charge in [-0.05, 0) is 24.3 Å². The summed E-state index contributed by atoms with van der Waals surface area (Å²) in [6.45, 7) is 2.53. The molecule has 7 heteroatoms.